The van der Waals surface area contributed by atoms with Crippen LogP contribution in [0.4, 0.5) is 0 Å². The highest BCUT2D eigenvalue weighted by Gasteiger charge is 2.24. The van der Waals surface area contributed by atoms with Crippen molar-refractivity contribution in [1.82, 2.24) is 9.80 Å². The van der Waals surface area contributed by atoms with E-state index in [9.17, 15) is 0 Å². The fourth-order valence-corrected chi connectivity index (χ4v) is 3.01. The van der Waals surface area contributed by atoms with E-state index < -0.39 is 0 Å². The Morgan fingerprint density at radius 2 is 2.00 bits per heavy atom. The number of nitrogens with two attached hydrogens (primary N) is 1. The van der Waals surface area contributed by atoms with Gasteiger partial charge in [0, 0.05) is 26.2 Å². The summed E-state index contributed by atoms with van der Waals surface area (Å²) in [4.78, 5) is 4.87. The lowest BCUT2D eigenvalue weighted by Gasteiger charge is -2.36. The minimum Gasteiger partial charge on any atom is -0.384 e. The van der Waals surface area contributed by atoms with Gasteiger partial charge in [-0.2, -0.15) is 0 Å². The van der Waals surface area contributed by atoms with E-state index in [1.807, 2.05) is 0 Å². The minimum atomic E-state index is 0.435. The summed E-state index contributed by atoms with van der Waals surface area (Å²) in [6, 6.07) is 0.435. The molecule has 0 saturated carbocycles. The number of ether oxygens (including phenoxy) is 1. The number of rotatable bonds is 7. The molecular weight excluding hydrogens is 226 g/mol. The molecule has 1 fully saturated rings. The smallest absolute Gasteiger partial charge is 0.0503 e. The summed E-state index contributed by atoms with van der Waals surface area (Å²) in [6.45, 7) is 7.38. The lowest BCUT2D eigenvalue weighted by Crippen LogP contribution is -2.47. The van der Waals surface area contributed by atoms with E-state index in [4.69, 9.17) is 10.5 Å². The van der Waals surface area contributed by atoms with E-state index in [-0.39, 0.29) is 0 Å². The average molecular weight is 257 g/mol. The molecule has 0 radical (unpaired) electrons. The van der Waals surface area contributed by atoms with Gasteiger partial charge in [-0.3, -0.25) is 0 Å². The third-order valence-corrected chi connectivity index (χ3v) is 4.28. The van der Waals surface area contributed by atoms with Gasteiger partial charge in [0.1, 0.15) is 0 Å². The summed E-state index contributed by atoms with van der Waals surface area (Å²) in [5.41, 5.74) is 5.93. The lowest BCUT2D eigenvalue weighted by atomic mass is 9.94. The molecule has 1 aliphatic rings. The third kappa shape index (κ3) is 4.84. The maximum Gasteiger partial charge on any atom is 0.0503 e. The van der Waals surface area contributed by atoms with Gasteiger partial charge in [-0.05, 0) is 51.9 Å². The third-order valence-electron chi connectivity index (χ3n) is 4.28. The lowest BCUT2D eigenvalue weighted by molar-refractivity contribution is 0.0812. The van der Waals surface area contributed by atoms with Gasteiger partial charge in [0.2, 0.25) is 0 Å². The second kappa shape index (κ2) is 8.10. The first-order valence-corrected chi connectivity index (χ1v) is 7.16. The van der Waals surface area contributed by atoms with Crippen LogP contribution in [0, 0.1) is 11.8 Å². The van der Waals surface area contributed by atoms with Crippen LogP contribution in [0.25, 0.3) is 0 Å². The number of nitrogens with zero attached hydrogens (tertiary/aromatic N) is 2. The Bertz CT molecular complexity index is 217. The van der Waals surface area contributed by atoms with Gasteiger partial charge in [-0.1, -0.05) is 6.92 Å². The summed E-state index contributed by atoms with van der Waals surface area (Å²) in [5.74, 6) is 1.33. The van der Waals surface area contributed by atoms with Crippen LogP contribution in [-0.4, -0.2) is 69.8 Å². The number of hydrogen-bond acceptors (Lipinski definition) is 4. The summed E-state index contributed by atoms with van der Waals surface area (Å²) in [5, 5.41) is 0. The number of piperidine rings is 1. The Balaban J connectivity index is 2.39. The van der Waals surface area contributed by atoms with E-state index in [1.54, 1.807) is 7.11 Å². The van der Waals surface area contributed by atoms with Crippen molar-refractivity contribution in [3.8, 4) is 0 Å². The number of likely N-dealkylation sites (tertiary alicyclic amines) is 1. The molecule has 0 aliphatic carbocycles. The van der Waals surface area contributed by atoms with Gasteiger partial charge < -0.3 is 20.3 Å². The van der Waals surface area contributed by atoms with Crippen LogP contribution >= 0.6 is 0 Å². The van der Waals surface area contributed by atoms with Crippen molar-refractivity contribution in [3.05, 3.63) is 0 Å². The molecule has 1 aliphatic heterocycles. The molecule has 0 aromatic rings. The quantitative estimate of drug-likeness (QED) is 0.735. The van der Waals surface area contributed by atoms with Crippen LogP contribution in [0.2, 0.25) is 0 Å². The fraction of sp³-hybridized carbons (Fsp3) is 1.00. The zero-order valence-corrected chi connectivity index (χ0v) is 12.6. The zero-order chi connectivity index (χ0) is 13.5. The first-order chi connectivity index (χ1) is 8.58. The van der Waals surface area contributed by atoms with Crippen molar-refractivity contribution in [2.45, 2.75) is 25.8 Å². The van der Waals surface area contributed by atoms with E-state index in [2.05, 4.69) is 30.8 Å². The van der Waals surface area contributed by atoms with Crippen molar-refractivity contribution in [3.63, 3.8) is 0 Å². The summed E-state index contributed by atoms with van der Waals surface area (Å²) >= 11 is 0. The molecule has 0 aromatic carbocycles. The number of hydrogen-bond donors (Lipinski definition) is 1. The normalized spacial score (nSPS) is 22.3. The minimum absolute atomic E-state index is 0.435. The number of methoxy groups -OCH3 is 1. The van der Waals surface area contributed by atoms with Crippen LogP contribution in [-0.2, 0) is 4.74 Å². The Hall–Kier alpha value is -0.160. The molecule has 0 bridgehead atoms. The standard InChI is InChI=1S/C14H31N3O/c1-12(11-18-4)14(9-15)17(3)10-13-5-7-16(2)8-6-13/h12-14H,5-11,15H2,1-4H3. The van der Waals surface area contributed by atoms with Crippen molar-refractivity contribution in [2.75, 3.05) is 54.0 Å². The molecule has 1 rings (SSSR count). The van der Waals surface area contributed by atoms with Crippen LogP contribution in [0.1, 0.15) is 19.8 Å². The summed E-state index contributed by atoms with van der Waals surface area (Å²) in [7, 11) is 6.19. The van der Waals surface area contributed by atoms with Gasteiger partial charge in [0.15, 0.2) is 0 Å². The molecule has 0 amide bonds. The van der Waals surface area contributed by atoms with Gasteiger partial charge >= 0.3 is 0 Å². The molecule has 2 atom stereocenters. The maximum absolute atomic E-state index is 5.93. The number of likely N-dealkylation sites (N-methyl/N-ethyl adjacent to an activating group) is 1. The highest BCUT2D eigenvalue weighted by atomic mass is 16.5. The molecule has 2 unspecified atom stereocenters. The molecule has 18 heavy (non-hydrogen) atoms. The predicted octanol–water partition coefficient (Wildman–Crippen LogP) is 0.870. The largest absolute Gasteiger partial charge is 0.384 e. The van der Waals surface area contributed by atoms with Gasteiger partial charge in [0.25, 0.3) is 0 Å². The van der Waals surface area contributed by atoms with Crippen LogP contribution < -0.4 is 5.73 Å². The van der Waals surface area contributed by atoms with E-state index >= 15 is 0 Å². The van der Waals surface area contributed by atoms with Crippen molar-refractivity contribution >= 4 is 0 Å². The van der Waals surface area contributed by atoms with E-state index in [0.717, 1.165) is 12.5 Å². The first kappa shape index (κ1) is 15.9. The van der Waals surface area contributed by atoms with Gasteiger partial charge in [0.05, 0.1) is 6.61 Å². The van der Waals surface area contributed by atoms with Crippen molar-refractivity contribution in [2.24, 2.45) is 17.6 Å². The van der Waals surface area contributed by atoms with E-state index in [1.165, 1.54) is 32.5 Å². The van der Waals surface area contributed by atoms with Crippen LogP contribution in [0.5, 0.6) is 0 Å². The highest BCUT2D eigenvalue weighted by Crippen LogP contribution is 2.19. The summed E-state index contributed by atoms with van der Waals surface area (Å²) in [6.07, 6.45) is 2.63. The molecule has 4 heteroatoms. The maximum atomic E-state index is 5.93. The predicted molar refractivity (Wildman–Crippen MR) is 76.7 cm³/mol. The Morgan fingerprint density at radius 1 is 1.39 bits per heavy atom. The van der Waals surface area contributed by atoms with Gasteiger partial charge in [-0.25, -0.2) is 0 Å². The second-order valence-corrected chi connectivity index (χ2v) is 5.92. The second-order valence-electron chi connectivity index (χ2n) is 5.92. The molecule has 0 aromatic heterocycles. The monoisotopic (exact) mass is 257 g/mol. The molecule has 108 valence electrons. The molecular formula is C14H31N3O. The Labute approximate surface area is 112 Å². The SMILES string of the molecule is COCC(C)C(CN)N(C)CC1CCN(C)CC1. The Morgan fingerprint density at radius 3 is 2.50 bits per heavy atom. The Kier molecular flexibility index (Phi) is 7.15. The van der Waals surface area contributed by atoms with E-state index in [0.29, 0.717) is 18.5 Å². The first-order valence-electron chi connectivity index (χ1n) is 7.16. The molecule has 4 nitrogen and oxygen atoms in total. The molecule has 1 saturated heterocycles. The van der Waals surface area contributed by atoms with Crippen molar-refractivity contribution < 1.29 is 4.74 Å². The van der Waals surface area contributed by atoms with Crippen molar-refractivity contribution in [1.29, 1.82) is 0 Å². The van der Waals surface area contributed by atoms with Crippen LogP contribution in [0.3, 0.4) is 0 Å². The molecule has 1 heterocycles. The summed E-state index contributed by atoms with van der Waals surface area (Å²) < 4.78 is 5.25. The average Bonchev–Trinajstić information content (AvgIpc) is 2.33. The topological polar surface area (TPSA) is 41.7 Å². The molecule has 2 N–H and O–H groups in total. The van der Waals surface area contributed by atoms with Crippen LogP contribution in [0.15, 0.2) is 0 Å². The van der Waals surface area contributed by atoms with Gasteiger partial charge in [-0.15, -0.1) is 0 Å². The molecule has 0 spiro atoms. The highest BCUT2D eigenvalue weighted by molar-refractivity contribution is 4.79. The fourth-order valence-electron chi connectivity index (χ4n) is 3.01. The zero-order valence-electron chi connectivity index (χ0n) is 12.6.